The lowest BCUT2D eigenvalue weighted by atomic mass is 10.1. The monoisotopic (exact) mass is 615 g/mol. The number of nitrogens with zero attached hydrogens (tertiary/aromatic N) is 4. The molecule has 14 heteroatoms. The van der Waals surface area contributed by atoms with Crippen LogP contribution < -0.4 is 14.8 Å². The van der Waals surface area contributed by atoms with Crippen molar-refractivity contribution >= 4 is 68.7 Å². The standard InChI is InChI=1S/C25H26ClN5O5S.2ClH/c1-31(2)9-10-36-22-8-5-16(13-28-22)29-24-21(37(4,33)34)14-27-19-7-6-18(30-23(19)24)15-11-17(26)25(32)20(12-15)35-3;;/h5-8,11-14,32H,9-10H2,1-4H3,(H,27,29);2*1H. The van der Waals surface area contributed by atoms with E-state index in [-0.39, 0.29) is 51.9 Å². The van der Waals surface area contributed by atoms with E-state index in [1.807, 2.05) is 19.0 Å². The molecule has 39 heavy (non-hydrogen) atoms. The van der Waals surface area contributed by atoms with Gasteiger partial charge >= 0.3 is 0 Å². The van der Waals surface area contributed by atoms with Crippen LogP contribution in [0.3, 0.4) is 0 Å². The Morgan fingerprint density at radius 2 is 1.82 bits per heavy atom. The predicted molar refractivity (Wildman–Crippen MR) is 157 cm³/mol. The highest BCUT2D eigenvalue weighted by atomic mass is 35.5. The SMILES string of the molecule is COc1cc(-c2ccc3ncc(S(C)(=O)=O)c(Nc4ccc(OCCN(C)C)nc4)c3n2)cc(Cl)c1O.Cl.Cl. The summed E-state index contributed by atoms with van der Waals surface area (Å²) in [6.07, 6.45) is 3.96. The van der Waals surface area contributed by atoms with Gasteiger partial charge in [-0.15, -0.1) is 24.8 Å². The number of hydrogen-bond donors (Lipinski definition) is 2. The lowest BCUT2D eigenvalue weighted by Crippen LogP contribution is -2.19. The smallest absolute Gasteiger partial charge is 0.213 e. The molecule has 3 heterocycles. The minimum atomic E-state index is -3.66. The third-order valence-electron chi connectivity index (χ3n) is 5.42. The van der Waals surface area contributed by atoms with Crippen LogP contribution in [0.5, 0.6) is 17.4 Å². The Kier molecular flexibility index (Phi) is 11.0. The maximum atomic E-state index is 12.6. The van der Waals surface area contributed by atoms with Crippen molar-refractivity contribution in [2.75, 3.05) is 45.9 Å². The lowest BCUT2D eigenvalue weighted by molar-refractivity contribution is 0.254. The van der Waals surface area contributed by atoms with Gasteiger partial charge < -0.3 is 24.8 Å². The topological polar surface area (TPSA) is 127 Å². The van der Waals surface area contributed by atoms with E-state index in [9.17, 15) is 13.5 Å². The van der Waals surface area contributed by atoms with Crippen LogP contribution in [0.25, 0.3) is 22.3 Å². The molecular weight excluding hydrogens is 589 g/mol. The molecule has 0 amide bonds. The third-order valence-corrected chi connectivity index (χ3v) is 6.81. The van der Waals surface area contributed by atoms with Gasteiger partial charge in [0, 0.05) is 30.6 Å². The quantitative estimate of drug-likeness (QED) is 0.266. The summed E-state index contributed by atoms with van der Waals surface area (Å²) in [5.41, 5.74) is 2.65. The number of aromatic hydroxyl groups is 1. The van der Waals surface area contributed by atoms with Crippen LogP contribution in [0.1, 0.15) is 0 Å². The second-order valence-corrected chi connectivity index (χ2v) is 10.9. The molecule has 1 aromatic carbocycles. The molecule has 0 atom stereocenters. The molecule has 10 nitrogen and oxygen atoms in total. The van der Waals surface area contributed by atoms with E-state index >= 15 is 0 Å². The van der Waals surface area contributed by atoms with Crippen LogP contribution >= 0.6 is 36.4 Å². The fourth-order valence-corrected chi connectivity index (χ4v) is 4.48. The zero-order valence-electron chi connectivity index (χ0n) is 21.5. The van der Waals surface area contributed by atoms with Crippen molar-refractivity contribution in [1.29, 1.82) is 0 Å². The maximum absolute atomic E-state index is 12.6. The Morgan fingerprint density at radius 3 is 2.44 bits per heavy atom. The first kappa shape index (κ1) is 32.1. The van der Waals surface area contributed by atoms with Gasteiger partial charge in [0.05, 0.1) is 40.9 Å². The molecule has 0 aliphatic rings. The van der Waals surface area contributed by atoms with Gasteiger partial charge in [-0.2, -0.15) is 0 Å². The minimum absolute atomic E-state index is 0. The van der Waals surface area contributed by atoms with Crippen molar-refractivity contribution < 1.29 is 23.0 Å². The number of ether oxygens (including phenoxy) is 2. The number of sulfone groups is 1. The van der Waals surface area contributed by atoms with Gasteiger partial charge in [0.1, 0.15) is 17.0 Å². The summed E-state index contributed by atoms with van der Waals surface area (Å²) in [4.78, 5) is 15.3. The van der Waals surface area contributed by atoms with Crippen LogP contribution in [0, 0.1) is 0 Å². The van der Waals surface area contributed by atoms with Gasteiger partial charge in [0.25, 0.3) is 0 Å². The lowest BCUT2D eigenvalue weighted by Gasteiger charge is -2.15. The number of methoxy groups -OCH3 is 1. The normalized spacial score (nSPS) is 11.0. The van der Waals surface area contributed by atoms with E-state index in [0.29, 0.717) is 40.5 Å². The summed E-state index contributed by atoms with van der Waals surface area (Å²) in [5.74, 6) is 0.456. The average Bonchev–Trinajstić information content (AvgIpc) is 2.85. The molecule has 4 rings (SSSR count). The van der Waals surface area contributed by atoms with Gasteiger partial charge in [0.2, 0.25) is 5.88 Å². The molecule has 0 bridgehead atoms. The number of phenols is 1. The number of pyridine rings is 3. The summed E-state index contributed by atoms with van der Waals surface area (Å²) < 4.78 is 36.1. The number of halogens is 3. The molecule has 0 radical (unpaired) electrons. The minimum Gasteiger partial charge on any atom is -0.503 e. The van der Waals surface area contributed by atoms with Crippen LogP contribution in [-0.4, -0.2) is 74.0 Å². The second-order valence-electron chi connectivity index (χ2n) is 8.50. The van der Waals surface area contributed by atoms with Crippen molar-refractivity contribution in [1.82, 2.24) is 19.9 Å². The fraction of sp³-hybridized carbons (Fsp3) is 0.240. The predicted octanol–water partition coefficient (Wildman–Crippen LogP) is 4.99. The molecule has 0 saturated heterocycles. The number of likely N-dealkylation sites (N-methyl/N-ethyl adjacent to an activating group) is 1. The summed E-state index contributed by atoms with van der Waals surface area (Å²) >= 11 is 6.17. The largest absolute Gasteiger partial charge is 0.503 e. The van der Waals surface area contributed by atoms with Crippen LogP contribution in [0.2, 0.25) is 5.02 Å². The Morgan fingerprint density at radius 1 is 1.08 bits per heavy atom. The summed E-state index contributed by atoms with van der Waals surface area (Å²) in [6.45, 7) is 1.23. The highest BCUT2D eigenvalue weighted by Gasteiger charge is 2.20. The van der Waals surface area contributed by atoms with E-state index < -0.39 is 9.84 Å². The molecule has 0 aliphatic carbocycles. The third kappa shape index (κ3) is 7.52. The van der Waals surface area contributed by atoms with Gasteiger partial charge in [-0.05, 0) is 44.4 Å². The first-order chi connectivity index (χ1) is 17.6. The Balaban J connectivity index is 0.00000267. The number of hydrogen-bond acceptors (Lipinski definition) is 10. The second kappa shape index (κ2) is 13.3. The molecule has 0 aliphatic heterocycles. The molecule has 210 valence electrons. The number of aromatic nitrogens is 3. The molecule has 2 N–H and O–H groups in total. The molecule has 3 aromatic heterocycles. The van der Waals surface area contributed by atoms with Crippen LogP contribution in [-0.2, 0) is 9.84 Å². The van der Waals surface area contributed by atoms with Gasteiger partial charge in [0.15, 0.2) is 21.3 Å². The fourth-order valence-electron chi connectivity index (χ4n) is 3.51. The number of nitrogens with one attached hydrogen (secondary N) is 1. The number of rotatable bonds is 9. The van der Waals surface area contributed by atoms with E-state index in [1.54, 1.807) is 42.6 Å². The van der Waals surface area contributed by atoms with Crippen molar-refractivity contribution in [2.24, 2.45) is 0 Å². The molecule has 4 aromatic rings. The van der Waals surface area contributed by atoms with E-state index in [1.165, 1.54) is 13.3 Å². The zero-order valence-corrected chi connectivity index (χ0v) is 24.7. The number of fused-ring (bicyclic) bond motifs is 1. The van der Waals surface area contributed by atoms with Crippen molar-refractivity contribution in [3.8, 4) is 28.6 Å². The summed E-state index contributed by atoms with van der Waals surface area (Å²) in [7, 11) is 1.66. The van der Waals surface area contributed by atoms with Crippen molar-refractivity contribution in [3.05, 3.63) is 53.8 Å². The van der Waals surface area contributed by atoms with Crippen molar-refractivity contribution in [2.45, 2.75) is 4.90 Å². The van der Waals surface area contributed by atoms with Gasteiger partial charge in [-0.25, -0.2) is 18.4 Å². The summed E-state index contributed by atoms with van der Waals surface area (Å²) in [5, 5.41) is 13.3. The Labute approximate surface area is 244 Å². The van der Waals surface area contributed by atoms with Gasteiger partial charge in [-0.3, -0.25) is 4.98 Å². The first-order valence-corrected chi connectivity index (χ1v) is 13.4. The Bertz CT molecular complexity index is 1550. The van der Waals surface area contributed by atoms with E-state index in [2.05, 4.69) is 15.3 Å². The zero-order chi connectivity index (χ0) is 26.7. The molecular formula is C25H28Cl3N5O5S. The highest BCUT2D eigenvalue weighted by molar-refractivity contribution is 7.90. The maximum Gasteiger partial charge on any atom is 0.213 e. The van der Waals surface area contributed by atoms with Crippen molar-refractivity contribution in [3.63, 3.8) is 0 Å². The Hall–Kier alpha value is -3.09. The summed E-state index contributed by atoms with van der Waals surface area (Å²) in [6, 6.07) is 10.0. The molecule has 0 saturated carbocycles. The van der Waals surface area contributed by atoms with E-state index in [0.717, 1.165) is 12.8 Å². The number of phenolic OH excluding ortho intramolecular Hbond substituents is 1. The van der Waals surface area contributed by atoms with E-state index in [4.69, 9.17) is 26.1 Å². The number of benzene rings is 1. The van der Waals surface area contributed by atoms with Crippen LogP contribution in [0.4, 0.5) is 11.4 Å². The molecule has 0 unspecified atom stereocenters. The average molecular weight is 617 g/mol. The highest BCUT2D eigenvalue weighted by Crippen LogP contribution is 2.39. The van der Waals surface area contributed by atoms with Gasteiger partial charge in [-0.1, -0.05) is 11.6 Å². The number of anilines is 2. The van der Waals surface area contributed by atoms with Crippen LogP contribution in [0.15, 0.2) is 53.7 Å². The first-order valence-electron chi connectivity index (χ1n) is 11.1. The molecule has 0 spiro atoms. The molecule has 0 fully saturated rings.